The second-order valence-electron chi connectivity index (χ2n) is 7.01. The number of sulfonamides is 1. The van der Waals surface area contributed by atoms with Gasteiger partial charge in [0.05, 0.1) is 10.6 Å². The molecule has 0 bridgehead atoms. The number of nitrogens with one attached hydrogen (secondary N) is 1. The van der Waals surface area contributed by atoms with Gasteiger partial charge >= 0.3 is 0 Å². The summed E-state index contributed by atoms with van der Waals surface area (Å²) in [6.07, 6.45) is 0. The number of rotatable bonds is 7. The van der Waals surface area contributed by atoms with Crippen LogP contribution in [0.3, 0.4) is 0 Å². The van der Waals surface area contributed by atoms with Crippen LogP contribution in [-0.4, -0.2) is 20.9 Å². The first-order valence-electron chi connectivity index (χ1n) is 10.1. The lowest BCUT2D eigenvalue weighted by Crippen LogP contribution is -2.30. The molecule has 5 nitrogen and oxygen atoms in total. The molecule has 1 N–H and O–H groups in total. The molecule has 1 amide bonds. The second-order valence-corrected chi connectivity index (χ2v) is 9.82. The van der Waals surface area contributed by atoms with E-state index in [1.165, 1.54) is 28.6 Å². The SMILES string of the molecule is CCN(c1ccccc1)S(=O)(=O)c1ccc(C(=O)Nc2ccccc2-c2cccs2)cc1. The van der Waals surface area contributed by atoms with Gasteiger partial charge in [-0.05, 0) is 60.8 Å². The highest BCUT2D eigenvalue weighted by Crippen LogP contribution is 2.31. The summed E-state index contributed by atoms with van der Waals surface area (Å²) in [5.41, 5.74) is 2.63. The van der Waals surface area contributed by atoms with Crippen LogP contribution in [0, 0.1) is 0 Å². The van der Waals surface area contributed by atoms with Crippen LogP contribution in [0.25, 0.3) is 10.4 Å². The molecule has 0 atom stereocenters. The number of hydrogen-bond acceptors (Lipinski definition) is 4. The van der Waals surface area contributed by atoms with Gasteiger partial charge in [0.2, 0.25) is 0 Å². The van der Waals surface area contributed by atoms with E-state index in [2.05, 4.69) is 5.32 Å². The summed E-state index contributed by atoms with van der Waals surface area (Å²) in [6, 6.07) is 26.5. The molecule has 7 heteroatoms. The summed E-state index contributed by atoms with van der Waals surface area (Å²) in [4.78, 5) is 14.0. The molecular weight excluding hydrogens is 440 g/mol. The predicted octanol–water partition coefficient (Wildman–Crippen LogP) is 5.88. The summed E-state index contributed by atoms with van der Waals surface area (Å²) in [5.74, 6) is -0.298. The van der Waals surface area contributed by atoms with E-state index >= 15 is 0 Å². The molecule has 4 aromatic rings. The van der Waals surface area contributed by atoms with Crippen LogP contribution in [0.2, 0.25) is 0 Å². The standard InChI is InChI=1S/C25H22N2O3S2/c1-2-27(20-9-4-3-5-10-20)32(29,30)21-16-14-19(15-17-21)25(28)26-23-12-7-6-11-22(23)24-13-8-18-31-24/h3-18H,2H2,1H3,(H,26,28). The normalized spacial score (nSPS) is 11.2. The Hall–Kier alpha value is -3.42. The molecular formula is C25H22N2O3S2. The van der Waals surface area contributed by atoms with Gasteiger partial charge in [-0.1, -0.05) is 42.5 Å². The Balaban J connectivity index is 1.56. The second kappa shape index (κ2) is 9.38. The van der Waals surface area contributed by atoms with Crippen molar-refractivity contribution in [2.75, 3.05) is 16.2 Å². The van der Waals surface area contributed by atoms with Gasteiger partial charge in [-0.25, -0.2) is 8.42 Å². The van der Waals surface area contributed by atoms with Crippen molar-refractivity contribution in [3.05, 3.63) is 102 Å². The van der Waals surface area contributed by atoms with Crippen molar-refractivity contribution in [3.63, 3.8) is 0 Å². The monoisotopic (exact) mass is 462 g/mol. The molecule has 4 rings (SSSR count). The highest BCUT2D eigenvalue weighted by atomic mass is 32.2. The van der Waals surface area contributed by atoms with Gasteiger partial charge in [-0.15, -0.1) is 11.3 Å². The molecule has 0 radical (unpaired) electrons. The number of amides is 1. The predicted molar refractivity (Wildman–Crippen MR) is 131 cm³/mol. The Bertz CT molecular complexity index is 1300. The largest absolute Gasteiger partial charge is 0.321 e. The van der Waals surface area contributed by atoms with Crippen molar-refractivity contribution in [2.24, 2.45) is 0 Å². The Morgan fingerprint density at radius 3 is 2.22 bits per heavy atom. The molecule has 1 aromatic heterocycles. The lowest BCUT2D eigenvalue weighted by Gasteiger charge is -2.23. The number of hydrogen-bond donors (Lipinski definition) is 1. The smallest absolute Gasteiger partial charge is 0.264 e. The van der Waals surface area contributed by atoms with Crippen molar-refractivity contribution in [1.82, 2.24) is 0 Å². The fraction of sp³-hybridized carbons (Fsp3) is 0.0800. The molecule has 0 fully saturated rings. The van der Waals surface area contributed by atoms with Gasteiger partial charge < -0.3 is 5.32 Å². The van der Waals surface area contributed by atoms with E-state index in [4.69, 9.17) is 0 Å². The van der Waals surface area contributed by atoms with Crippen molar-refractivity contribution >= 4 is 38.6 Å². The van der Waals surface area contributed by atoms with E-state index < -0.39 is 10.0 Å². The van der Waals surface area contributed by atoms with Crippen LogP contribution in [0.1, 0.15) is 17.3 Å². The van der Waals surface area contributed by atoms with Gasteiger partial charge in [-0.2, -0.15) is 0 Å². The van der Waals surface area contributed by atoms with E-state index in [-0.39, 0.29) is 10.8 Å². The Kier molecular flexibility index (Phi) is 6.39. The Morgan fingerprint density at radius 2 is 1.56 bits per heavy atom. The van der Waals surface area contributed by atoms with Gasteiger partial charge in [0.15, 0.2) is 0 Å². The van der Waals surface area contributed by atoms with Gasteiger partial charge in [0, 0.05) is 28.2 Å². The topological polar surface area (TPSA) is 66.5 Å². The summed E-state index contributed by atoms with van der Waals surface area (Å²) < 4.78 is 27.6. The average molecular weight is 463 g/mol. The third-order valence-electron chi connectivity index (χ3n) is 5.00. The molecule has 1 heterocycles. The van der Waals surface area contributed by atoms with E-state index in [0.29, 0.717) is 23.5 Å². The summed E-state index contributed by atoms with van der Waals surface area (Å²) in [6.45, 7) is 2.09. The maximum atomic E-state index is 13.1. The third-order valence-corrected chi connectivity index (χ3v) is 7.82. The van der Waals surface area contributed by atoms with Gasteiger partial charge in [-0.3, -0.25) is 9.10 Å². The minimum Gasteiger partial charge on any atom is -0.321 e. The number of anilines is 2. The number of nitrogens with zero attached hydrogens (tertiary/aromatic N) is 1. The van der Waals surface area contributed by atoms with E-state index in [1.54, 1.807) is 42.5 Å². The molecule has 32 heavy (non-hydrogen) atoms. The van der Waals surface area contributed by atoms with Crippen LogP contribution >= 0.6 is 11.3 Å². The molecule has 162 valence electrons. The molecule has 0 unspecified atom stereocenters. The fourth-order valence-electron chi connectivity index (χ4n) is 3.42. The fourth-order valence-corrected chi connectivity index (χ4v) is 5.66. The average Bonchev–Trinajstić information content (AvgIpc) is 3.35. The quantitative estimate of drug-likeness (QED) is 0.373. The van der Waals surface area contributed by atoms with Crippen LogP contribution in [0.4, 0.5) is 11.4 Å². The summed E-state index contributed by atoms with van der Waals surface area (Å²) >= 11 is 1.60. The van der Waals surface area contributed by atoms with Crippen molar-refractivity contribution in [2.45, 2.75) is 11.8 Å². The molecule has 0 aliphatic rings. The van der Waals surface area contributed by atoms with Crippen molar-refractivity contribution in [3.8, 4) is 10.4 Å². The summed E-state index contributed by atoms with van der Waals surface area (Å²) in [5, 5.41) is 4.93. The zero-order valence-corrected chi connectivity index (χ0v) is 19.1. The van der Waals surface area contributed by atoms with Crippen LogP contribution < -0.4 is 9.62 Å². The first-order chi connectivity index (χ1) is 15.5. The Morgan fingerprint density at radius 1 is 0.875 bits per heavy atom. The first kappa shape index (κ1) is 21.8. The van der Waals surface area contributed by atoms with E-state index in [0.717, 1.165) is 10.4 Å². The van der Waals surface area contributed by atoms with Crippen LogP contribution in [-0.2, 0) is 10.0 Å². The number of benzene rings is 3. The molecule has 0 aliphatic carbocycles. The number of thiophene rings is 1. The number of carbonyl (C=O) groups excluding carboxylic acids is 1. The third kappa shape index (κ3) is 4.44. The minimum atomic E-state index is -3.74. The maximum absolute atomic E-state index is 13.1. The molecule has 0 spiro atoms. The lowest BCUT2D eigenvalue weighted by molar-refractivity contribution is 0.102. The van der Waals surface area contributed by atoms with Crippen molar-refractivity contribution in [1.29, 1.82) is 0 Å². The maximum Gasteiger partial charge on any atom is 0.264 e. The molecule has 0 aliphatic heterocycles. The number of para-hydroxylation sites is 2. The highest BCUT2D eigenvalue weighted by Gasteiger charge is 2.23. The van der Waals surface area contributed by atoms with Crippen LogP contribution in [0.5, 0.6) is 0 Å². The molecule has 0 saturated heterocycles. The summed E-state index contributed by atoms with van der Waals surface area (Å²) in [7, 11) is -3.74. The lowest BCUT2D eigenvalue weighted by atomic mass is 10.1. The zero-order valence-electron chi connectivity index (χ0n) is 17.4. The number of carbonyl (C=O) groups is 1. The molecule has 3 aromatic carbocycles. The zero-order chi connectivity index (χ0) is 22.6. The Labute approximate surface area is 192 Å². The van der Waals surface area contributed by atoms with E-state index in [1.807, 2.05) is 47.8 Å². The van der Waals surface area contributed by atoms with Gasteiger partial charge in [0.1, 0.15) is 0 Å². The van der Waals surface area contributed by atoms with Crippen LogP contribution in [0.15, 0.2) is 101 Å². The van der Waals surface area contributed by atoms with E-state index in [9.17, 15) is 13.2 Å². The van der Waals surface area contributed by atoms with Crippen molar-refractivity contribution < 1.29 is 13.2 Å². The highest BCUT2D eigenvalue weighted by molar-refractivity contribution is 7.92. The minimum absolute atomic E-state index is 0.138. The van der Waals surface area contributed by atoms with Gasteiger partial charge in [0.25, 0.3) is 15.9 Å². The molecule has 0 saturated carbocycles. The first-order valence-corrected chi connectivity index (χ1v) is 12.4.